The van der Waals surface area contributed by atoms with E-state index in [9.17, 15) is 19.8 Å². The fourth-order valence-corrected chi connectivity index (χ4v) is 3.52. The van der Waals surface area contributed by atoms with Crippen LogP contribution in [0.4, 0.5) is 0 Å². The van der Waals surface area contributed by atoms with E-state index in [4.69, 9.17) is 21.1 Å². The first-order valence-electron chi connectivity index (χ1n) is 8.79. The van der Waals surface area contributed by atoms with Gasteiger partial charge >= 0.3 is 0 Å². The van der Waals surface area contributed by atoms with Crippen molar-refractivity contribution in [3.63, 3.8) is 0 Å². The van der Waals surface area contributed by atoms with Crippen LogP contribution in [-0.4, -0.2) is 54.2 Å². The number of Topliss-reactive ketones (excluding diaryl/α,β-unsaturated/α-hetero) is 1. The molecule has 1 aliphatic heterocycles. The molecule has 152 valence electrons. The van der Waals surface area contributed by atoms with Gasteiger partial charge in [-0.15, -0.1) is 0 Å². The zero-order chi connectivity index (χ0) is 21.1. The molecule has 8 heteroatoms. The van der Waals surface area contributed by atoms with E-state index in [1.165, 1.54) is 37.3 Å². The van der Waals surface area contributed by atoms with Gasteiger partial charge in [0.05, 0.1) is 30.9 Å². The minimum absolute atomic E-state index is 0.0276. The Kier molecular flexibility index (Phi) is 6.10. The summed E-state index contributed by atoms with van der Waals surface area (Å²) in [6.07, 6.45) is 0. The molecule has 1 amide bonds. The first kappa shape index (κ1) is 20.7. The fraction of sp³-hybridized carbons (Fsp3) is 0.238. The Morgan fingerprint density at radius 3 is 2.59 bits per heavy atom. The van der Waals surface area contributed by atoms with Crippen molar-refractivity contribution in [1.82, 2.24) is 4.90 Å². The number of ketones is 1. The van der Waals surface area contributed by atoms with Crippen molar-refractivity contribution in [2.75, 3.05) is 27.4 Å². The van der Waals surface area contributed by atoms with Gasteiger partial charge in [0.1, 0.15) is 17.3 Å². The number of amides is 1. The summed E-state index contributed by atoms with van der Waals surface area (Å²) < 4.78 is 10.3. The van der Waals surface area contributed by atoms with Crippen LogP contribution >= 0.6 is 11.6 Å². The lowest BCUT2D eigenvalue weighted by molar-refractivity contribution is -0.140. The van der Waals surface area contributed by atoms with Gasteiger partial charge in [0.25, 0.3) is 11.7 Å². The van der Waals surface area contributed by atoms with Crippen LogP contribution in [-0.2, 0) is 14.3 Å². The number of ether oxygens (including phenoxy) is 2. The quantitative estimate of drug-likeness (QED) is 0.426. The summed E-state index contributed by atoms with van der Waals surface area (Å²) in [7, 11) is 2.90. The number of phenolic OH excluding ortho intramolecular Hbond substituents is 1. The molecule has 1 heterocycles. The predicted octanol–water partition coefficient (Wildman–Crippen LogP) is 3.12. The Hall–Kier alpha value is -3.03. The van der Waals surface area contributed by atoms with Gasteiger partial charge in [0, 0.05) is 18.7 Å². The van der Waals surface area contributed by atoms with Gasteiger partial charge in [-0.05, 0) is 35.9 Å². The molecule has 2 aromatic carbocycles. The van der Waals surface area contributed by atoms with Crippen LogP contribution in [0, 0.1) is 0 Å². The number of hydrogen-bond acceptors (Lipinski definition) is 6. The standard InChI is InChI=1S/C21H20ClNO6/c1-28-9-8-23-18(12-4-3-5-14(24)10-12)17(20(26)21(23)27)19(25)15-11-13(22)6-7-16(15)29-2/h3-7,10-11,18,24-25H,8-9H2,1-2H3/b19-17+. The van der Waals surface area contributed by atoms with Crippen LogP contribution in [0.2, 0.25) is 5.02 Å². The number of methoxy groups -OCH3 is 2. The van der Waals surface area contributed by atoms with Gasteiger partial charge in [-0.3, -0.25) is 9.59 Å². The summed E-state index contributed by atoms with van der Waals surface area (Å²) in [5.74, 6) is -1.74. The van der Waals surface area contributed by atoms with E-state index in [0.29, 0.717) is 16.3 Å². The van der Waals surface area contributed by atoms with Crippen LogP contribution in [0.15, 0.2) is 48.0 Å². The van der Waals surface area contributed by atoms with E-state index >= 15 is 0 Å². The number of rotatable bonds is 6. The van der Waals surface area contributed by atoms with Gasteiger partial charge in [-0.2, -0.15) is 0 Å². The number of carbonyl (C=O) groups excluding carboxylic acids is 2. The highest BCUT2D eigenvalue weighted by Crippen LogP contribution is 2.41. The Morgan fingerprint density at radius 2 is 1.93 bits per heavy atom. The molecule has 0 aromatic heterocycles. The van der Waals surface area contributed by atoms with Gasteiger partial charge in [0.2, 0.25) is 0 Å². The Bertz CT molecular complexity index is 987. The third-order valence-electron chi connectivity index (χ3n) is 4.68. The zero-order valence-electron chi connectivity index (χ0n) is 15.9. The molecule has 1 saturated heterocycles. The maximum atomic E-state index is 12.9. The fourth-order valence-electron chi connectivity index (χ4n) is 3.35. The lowest BCUT2D eigenvalue weighted by Gasteiger charge is -2.25. The summed E-state index contributed by atoms with van der Waals surface area (Å²) in [5.41, 5.74) is 0.551. The first-order chi connectivity index (χ1) is 13.9. The van der Waals surface area contributed by atoms with Gasteiger partial charge in [-0.25, -0.2) is 0 Å². The third kappa shape index (κ3) is 3.92. The number of aliphatic hydroxyl groups is 1. The van der Waals surface area contributed by atoms with Crippen LogP contribution in [0.3, 0.4) is 0 Å². The van der Waals surface area contributed by atoms with Crippen molar-refractivity contribution in [3.05, 3.63) is 64.2 Å². The minimum atomic E-state index is -0.902. The van der Waals surface area contributed by atoms with Crippen LogP contribution in [0.25, 0.3) is 5.76 Å². The summed E-state index contributed by atoms with van der Waals surface area (Å²) in [5, 5.41) is 21.3. The zero-order valence-corrected chi connectivity index (χ0v) is 16.6. The van der Waals surface area contributed by atoms with E-state index < -0.39 is 23.5 Å². The van der Waals surface area contributed by atoms with Crippen molar-refractivity contribution >= 4 is 29.1 Å². The molecule has 0 radical (unpaired) electrons. The largest absolute Gasteiger partial charge is 0.508 e. The maximum absolute atomic E-state index is 12.9. The maximum Gasteiger partial charge on any atom is 0.295 e. The molecule has 0 aliphatic carbocycles. The molecular weight excluding hydrogens is 398 g/mol. The molecule has 0 bridgehead atoms. The van der Waals surface area contributed by atoms with Crippen molar-refractivity contribution < 1.29 is 29.3 Å². The summed E-state index contributed by atoms with van der Waals surface area (Å²) >= 11 is 6.06. The number of aliphatic hydroxyl groups excluding tert-OH is 1. The Morgan fingerprint density at radius 1 is 1.17 bits per heavy atom. The lowest BCUT2D eigenvalue weighted by atomic mass is 9.95. The number of nitrogens with zero attached hydrogens (tertiary/aromatic N) is 1. The number of carbonyl (C=O) groups is 2. The highest BCUT2D eigenvalue weighted by Gasteiger charge is 2.46. The molecule has 3 rings (SSSR count). The third-order valence-corrected chi connectivity index (χ3v) is 4.91. The molecule has 2 aromatic rings. The second-order valence-corrected chi connectivity index (χ2v) is 6.86. The molecule has 1 fully saturated rings. The summed E-state index contributed by atoms with van der Waals surface area (Å²) in [6.45, 7) is 0.327. The summed E-state index contributed by atoms with van der Waals surface area (Å²) in [6, 6.07) is 9.88. The minimum Gasteiger partial charge on any atom is -0.508 e. The lowest BCUT2D eigenvalue weighted by Crippen LogP contribution is -2.32. The molecule has 1 aliphatic rings. The normalized spacial score (nSPS) is 18.3. The van der Waals surface area contributed by atoms with E-state index in [0.717, 1.165) is 0 Å². The molecule has 2 N–H and O–H groups in total. The SMILES string of the molecule is COCCN1C(=O)C(=O)/C(=C(/O)c2cc(Cl)ccc2OC)C1c1cccc(O)c1. The predicted molar refractivity (Wildman–Crippen MR) is 107 cm³/mol. The smallest absolute Gasteiger partial charge is 0.295 e. The van der Waals surface area contributed by atoms with Crippen molar-refractivity contribution in [1.29, 1.82) is 0 Å². The monoisotopic (exact) mass is 417 g/mol. The number of phenols is 1. The molecule has 0 spiro atoms. The first-order valence-corrected chi connectivity index (χ1v) is 9.17. The molecule has 1 unspecified atom stereocenters. The number of aromatic hydroxyl groups is 1. The average molecular weight is 418 g/mol. The number of hydrogen-bond donors (Lipinski definition) is 2. The van der Waals surface area contributed by atoms with Gasteiger partial charge in [0.15, 0.2) is 0 Å². The molecule has 29 heavy (non-hydrogen) atoms. The highest BCUT2D eigenvalue weighted by atomic mass is 35.5. The second-order valence-electron chi connectivity index (χ2n) is 6.42. The average Bonchev–Trinajstić information content (AvgIpc) is 2.96. The van der Waals surface area contributed by atoms with Crippen LogP contribution in [0.1, 0.15) is 17.2 Å². The molecular formula is C21H20ClNO6. The number of halogens is 1. The molecule has 7 nitrogen and oxygen atoms in total. The second kappa shape index (κ2) is 8.55. The molecule has 0 saturated carbocycles. The number of likely N-dealkylation sites (tertiary alicyclic amines) is 1. The van der Waals surface area contributed by atoms with Crippen molar-refractivity contribution in [2.24, 2.45) is 0 Å². The van der Waals surface area contributed by atoms with E-state index in [2.05, 4.69) is 0 Å². The Labute approximate surface area is 172 Å². The topological polar surface area (TPSA) is 96.3 Å². The van der Waals surface area contributed by atoms with E-state index in [1.807, 2.05) is 0 Å². The number of benzene rings is 2. The van der Waals surface area contributed by atoms with Crippen LogP contribution in [0.5, 0.6) is 11.5 Å². The van der Waals surface area contributed by atoms with Gasteiger partial charge < -0.3 is 24.6 Å². The van der Waals surface area contributed by atoms with E-state index in [1.54, 1.807) is 24.3 Å². The van der Waals surface area contributed by atoms with Crippen molar-refractivity contribution in [2.45, 2.75) is 6.04 Å². The highest BCUT2D eigenvalue weighted by molar-refractivity contribution is 6.46. The van der Waals surface area contributed by atoms with Crippen molar-refractivity contribution in [3.8, 4) is 11.5 Å². The Balaban J connectivity index is 2.23. The summed E-state index contributed by atoms with van der Waals surface area (Å²) in [4.78, 5) is 26.9. The van der Waals surface area contributed by atoms with Crippen LogP contribution < -0.4 is 4.74 Å². The van der Waals surface area contributed by atoms with E-state index in [-0.39, 0.29) is 30.0 Å². The molecule has 1 atom stereocenters. The van der Waals surface area contributed by atoms with Gasteiger partial charge in [-0.1, -0.05) is 23.7 Å².